The molecule has 0 atom stereocenters. The van der Waals surface area contributed by atoms with Gasteiger partial charge in [-0.25, -0.2) is 0 Å². The maximum atomic E-state index is 11.5. The van der Waals surface area contributed by atoms with Crippen LogP contribution < -0.4 is 5.73 Å². The molecule has 0 spiro atoms. The molecule has 1 aliphatic rings. The SMILES string of the molecule is CC(=O)SCC(=Cc1cc(SC#N)ccc1N)B1OC(C)(C)C(C)(C)O1. The first-order valence-electron chi connectivity index (χ1n) is 8.20. The van der Waals surface area contributed by atoms with Crippen molar-refractivity contribution >= 4 is 47.5 Å². The number of hydrogen-bond donors (Lipinski definition) is 1. The van der Waals surface area contributed by atoms with Crippen molar-refractivity contribution in [3.8, 4) is 5.40 Å². The van der Waals surface area contributed by atoms with Crippen LogP contribution in [-0.4, -0.2) is 29.2 Å². The van der Waals surface area contributed by atoms with Crippen LogP contribution in [0.4, 0.5) is 5.69 Å². The van der Waals surface area contributed by atoms with Crippen LogP contribution in [0.15, 0.2) is 28.6 Å². The monoisotopic (exact) mass is 390 g/mol. The van der Waals surface area contributed by atoms with Gasteiger partial charge in [0.2, 0.25) is 0 Å². The van der Waals surface area contributed by atoms with Gasteiger partial charge in [-0.3, -0.25) is 4.79 Å². The maximum Gasteiger partial charge on any atom is 0.491 e. The summed E-state index contributed by atoms with van der Waals surface area (Å²) in [7, 11) is -0.557. The number of nitriles is 1. The molecule has 1 saturated heterocycles. The lowest BCUT2D eigenvalue weighted by Gasteiger charge is -2.32. The third-order valence-corrected chi connectivity index (χ3v) is 6.03. The van der Waals surface area contributed by atoms with Crippen LogP contribution in [0.1, 0.15) is 40.2 Å². The van der Waals surface area contributed by atoms with Gasteiger partial charge < -0.3 is 15.0 Å². The number of nitrogens with zero attached hydrogens (tertiary/aromatic N) is 1. The van der Waals surface area contributed by atoms with Crippen LogP contribution in [0.3, 0.4) is 0 Å². The van der Waals surface area contributed by atoms with Crippen LogP contribution in [0, 0.1) is 10.7 Å². The lowest BCUT2D eigenvalue weighted by Crippen LogP contribution is -2.41. The number of carbonyl (C=O) groups excluding carboxylic acids is 1. The summed E-state index contributed by atoms with van der Waals surface area (Å²) in [6, 6.07) is 5.43. The van der Waals surface area contributed by atoms with E-state index >= 15 is 0 Å². The van der Waals surface area contributed by atoms with Crippen LogP contribution in [-0.2, 0) is 14.1 Å². The molecule has 0 aliphatic carbocycles. The minimum absolute atomic E-state index is 0.0224. The smallest absolute Gasteiger partial charge is 0.400 e. The molecule has 1 fully saturated rings. The summed E-state index contributed by atoms with van der Waals surface area (Å²) in [5, 5.41) is 11.0. The molecule has 8 heteroatoms. The highest BCUT2D eigenvalue weighted by atomic mass is 32.2. The van der Waals surface area contributed by atoms with E-state index in [-0.39, 0.29) is 5.12 Å². The van der Waals surface area contributed by atoms with E-state index in [0.717, 1.165) is 27.7 Å². The Bertz CT molecular complexity index is 756. The Morgan fingerprint density at radius 1 is 1.31 bits per heavy atom. The van der Waals surface area contributed by atoms with Gasteiger partial charge in [-0.1, -0.05) is 17.8 Å². The number of rotatable bonds is 5. The molecule has 0 aromatic heterocycles. The quantitative estimate of drug-likeness (QED) is 0.350. The molecule has 0 bridgehead atoms. The fraction of sp³-hybridized carbons (Fsp3) is 0.444. The Balaban J connectivity index is 2.39. The minimum Gasteiger partial charge on any atom is -0.400 e. The van der Waals surface area contributed by atoms with Crippen molar-refractivity contribution in [1.82, 2.24) is 0 Å². The Hall–Kier alpha value is -1.40. The fourth-order valence-corrected chi connectivity index (χ4v) is 3.37. The Kier molecular flexibility index (Phi) is 6.51. The van der Waals surface area contributed by atoms with Crippen molar-refractivity contribution in [2.45, 2.75) is 50.7 Å². The predicted molar refractivity (Wildman–Crippen MR) is 110 cm³/mol. The van der Waals surface area contributed by atoms with Crippen molar-refractivity contribution < 1.29 is 14.1 Å². The number of nitrogen functional groups attached to an aromatic ring is 1. The second kappa shape index (κ2) is 8.09. The van der Waals surface area contributed by atoms with Crippen LogP contribution in [0.25, 0.3) is 6.08 Å². The lowest BCUT2D eigenvalue weighted by molar-refractivity contribution is -0.109. The standard InChI is InChI=1S/C18H23BN2O3S2/c1-12(22)25-10-14(19-23-17(2,3)18(4,5)24-19)8-13-9-15(26-11-20)6-7-16(13)21/h6-9H,10,21H2,1-5H3. The zero-order chi connectivity index (χ0) is 19.5. The highest BCUT2D eigenvalue weighted by molar-refractivity contribution is 8.13. The van der Waals surface area contributed by atoms with E-state index in [0.29, 0.717) is 11.4 Å². The molecule has 0 radical (unpaired) electrons. The molecule has 138 valence electrons. The summed E-state index contributed by atoms with van der Waals surface area (Å²) in [6.07, 6.45) is 1.90. The van der Waals surface area contributed by atoms with Crippen molar-refractivity contribution in [3.63, 3.8) is 0 Å². The van der Waals surface area contributed by atoms with Gasteiger partial charge in [0.15, 0.2) is 5.12 Å². The summed E-state index contributed by atoms with van der Waals surface area (Å²) in [5.74, 6) is 0.446. The number of thioether (sulfide) groups is 2. The summed E-state index contributed by atoms with van der Waals surface area (Å²) in [4.78, 5) is 12.3. The highest BCUT2D eigenvalue weighted by Gasteiger charge is 2.52. The molecule has 1 aliphatic heterocycles. The van der Waals surface area contributed by atoms with E-state index < -0.39 is 18.3 Å². The van der Waals surface area contributed by atoms with Crippen molar-refractivity contribution in [2.24, 2.45) is 0 Å². The second-order valence-corrected chi connectivity index (χ2v) is 9.08. The normalized spacial score (nSPS) is 18.6. The molecule has 26 heavy (non-hydrogen) atoms. The molecule has 0 amide bonds. The third-order valence-electron chi connectivity index (χ3n) is 4.56. The largest absolute Gasteiger partial charge is 0.491 e. The van der Waals surface area contributed by atoms with E-state index in [1.165, 1.54) is 18.7 Å². The summed E-state index contributed by atoms with van der Waals surface area (Å²) in [5.41, 5.74) is 7.36. The zero-order valence-corrected chi connectivity index (χ0v) is 17.3. The predicted octanol–water partition coefficient (Wildman–Crippen LogP) is 4.14. The summed E-state index contributed by atoms with van der Waals surface area (Å²) < 4.78 is 12.3. The van der Waals surface area contributed by atoms with E-state index in [2.05, 4.69) is 5.40 Å². The van der Waals surface area contributed by atoms with E-state index in [4.69, 9.17) is 20.3 Å². The molecular formula is C18H23BN2O3S2. The third kappa shape index (κ3) is 4.86. The molecule has 2 N–H and O–H groups in total. The first-order valence-corrected chi connectivity index (χ1v) is 10.0. The molecule has 0 saturated carbocycles. The number of nitrogens with two attached hydrogens (primary N) is 1. The number of thiocyanates is 1. The van der Waals surface area contributed by atoms with Gasteiger partial charge in [-0.2, -0.15) is 5.26 Å². The van der Waals surface area contributed by atoms with Gasteiger partial charge in [0.05, 0.1) is 11.2 Å². The maximum absolute atomic E-state index is 11.5. The van der Waals surface area contributed by atoms with E-state index in [1.807, 2.05) is 39.8 Å². The fourth-order valence-electron chi connectivity index (χ4n) is 2.35. The highest BCUT2D eigenvalue weighted by Crippen LogP contribution is 2.39. The number of hydrogen-bond acceptors (Lipinski definition) is 7. The van der Waals surface area contributed by atoms with Crippen molar-refractivity contribution in [2.75, 3.05) is 11.5 Å². The average Bonchev–Trinajstić information content (AvgIpc) is 2.74. The average molecular weight is 390 g/mol. The van der Waals surface area contributed by atoms with Crippen LogP contribution in [0.5, 0.6) is 0 Å². The minimum atomic E-state index is -0.557. The van der Waals surface area contributed by atoms with Gasteiger partial charge in [-0.15, -0.1) is 0 Å². The Labute approximate surface area is 163 Å². The molecule has 1 aromatic carbocycles. The number of benzene rings is 1. The van der Waals surface area contributed by atoms with Crippen molar-refractivity contribution in [1.29, 1.82) is 5.26 Å². The summed E-state index contributed by atoms with van der Waals surface area (Å²) in [6.45, 7) is 9.48. The Morgan fingerprint density at radius 2 is 1.92 bits per heavy atom. The van der Waals surface area contributed by atoms with Gasteiger partial charge in [-0.05, 0) is 68.7 Å². The molecule has 1 aromatic rings. The van der Waals surface area contributed by atoms with Gasteiger partial charge in [0.1, 0.15) is 5.40 Å². The molecule has 0 unspecified atom stereocenters. The van der Waals surface area contributed by atoms with Crippen molar-refractivity contribution in [3.05, 3.63) is 29.2 Å². The lowest BCUT2D eigenvalue weighted by atomic mass is 9.78. The van der Waals surface area contributed by atoms with E-state index in [9.17, 15) is 4.79 Å². The molecule has 2 rings (SSSR count). The molecule has 1 heterocycles. The molecule has 5 nitrogen and oxygen atoms in total. The first-order chi connectivity index (χ1) is 12.1. The van der Waals surface area contributed by atoms with Gasteiger partial charge >= 0.3 is 7.12 Å². The topological polar surface area (TPSA) is 85.3 Å². The summed E-state index contributed by atoms with van der Waals surface area (Å²) >= 11 is 2.27. The number of anilines is 1. The second-order valence-electron chi connectivity index (χ2n) is 7.07. The van der Waals surface area contributed by atoms with Gasteiger partial charge in [0, 0.05) is 23.3 Å². The van der Waals surface area contributed by atoms with Crippen LogP contribution >= 0.6 is 23.5 Å². The molecular weight excluding hydrogens is 367 g/mol. The van der Waals surface area contributed by atoms with Crippen LogP contribution in [0.2, 0.25) is 0 Å². The van der Waals surface area contributed by atoms with E-state index in [1.54, 1.807) is 12.1 Å². The zero-order valence-electron chi connectivity index (χ0n) is 15.7. The first kappa shape index (κ1) is 20.9. The Morgan fingerprint density at radius 3 is 2.46 bits per heavy atom. The number of carbonyl (C=O) groups is 1. The van der Waals surface area contributed by atoms with Gasteiger partial charge in [0.25, 0.3) is 0 Å².